The largest absolute Gasteiger partial charge is 0.416 e. The summed E-state index contributed by atoms with van der Waals surface area (Å²) in [6.45, 7) is 3.79. The predicted octanol–water partition coefficient (Wildman–Crippen LogP) is 4.98. The van der Waals surface area contributed by atoms with Gasteiger partial charge in [-0.1, -0.05) is 36.4 Å². The molecule has 3 aromatic rings. The van der Waals surface area contributed by atoms with Gasteiger partial charge in [-0.3, -0.25) is 13.9 Å². The maximum absolute atomic E-state index is 13.7. The maximum Gasteiger partial charge on any atom is 0.416 e. The topological polar surface area (TPSA) is 86.8 Å². The maximum atomic E-state index is 13.7. The summed E-state index contributed by atoms with van der Waals surface area (Å²) in [7, 11) is -4.52. The van der Waals surface area contributed by atoms with Crippen molar-refractivity contribution in [3.63, 3.8) is 0 Å². The summed E-state index contributed by atoms with van der Waals surface area (Å²) in [6, 6.07) is 14.4. The zero-order valence-electron chi connectivity index (χ0n) is 22.0. The molecule has 2 amide bonds. The zero-order valence-corrected chi connectivity index (χ0v) is 22.8. The molecule has 0 heterocycles. The van der Waals surface area contributed by atoms with Crippen molar-refractivity contribution in [2.45, 2.75) is 50.5 Å². The van der Waals surface area contributed by atoms with E-state index >= 15 is 0 Å². The number of alkyl halides is 3. The molecular weight excluding hydrogens is 550 g/mol. The van der Waals surface area contributed by atoms with E-state index in [9.17, 15) is 35.6 Å². The highest BCUT2D eigenvalue weighted by atomic mass is 32.2. The highest BCUT2D eigenvalue weighted by Crippen LogP contribution is 2.33. The Balaban J connectivity index is 2.07. The minimum absolute atomic E-state index is 0.187. The van der Waals surface area contributed by atoms with Gasteiger partial charge in [0.05, 0.1) is 16.1 Å². The summed E-state index contributed by atoms with van der Waals surface area (Å²) in [6.07, 6.45) is -4.76. The van der Waals surface area contributed by atoms with Crippen molar-refractivity contribution in [1.29, 1.82) is 0 Å². The fourth-order valence-electron chi connectivity index (χ4n) is 3.86. The second-order valence-corrected chi connectivity index (χ2v) is 11.2. The number of hydrogen-bond donors (Lipinski definition) is 1. The quantitative estimate of drug-likeness (QED) is 0.343. The molecule has 0 fully saturated rings. The van der Waals surface area contributed by atoms with Crippen LogP contribution >= 0.6 is 0 Å². The van der Waals surface area contributed by atoms with E-state index in [1.165, 1.54) is 55.5 Å². The first-order chi connectivity index (χ1) is 18.7. The minimum atomic E-state index is -4.76. The molecule has 0 unspecified atom stereocenters. The Bertz CT molecular complexity index is 1430. The van der Waals surface area contributed by atoms with Crippen LogP contribution in [0.1, 0.15) is 31.9 Å². The van der Waals surface area contributed by atoms with E-state index in [-0.39, 0.29) is 23.2 Å². The number of carbonyl (C=O) groups excluding carboxylic acids is 2. The summed E-state index contributed by atoms with van der Waals surface area (Å²) in [5.74, 6) is -1.90. The Morgan fingerprint density at radius 2 is 1.52 bits per heavy atom. The molecule has 40 heavy (non-hydrogen) atoms. The van der Waals surface area contributed by atoms with E-state index in [1.54, 1.807) is 19.9 Å². The average Bonchev–Trinajstić information content (AvgIpc) is 2.90. The van der Waals surface area contributed by atoms with Gasteiger partial charge in [-0.05, 0) is 68.8 Å². The monoisotopic (exact) mass is 579 g/mol. The highest BCUT2D eigenvalue weighted by Gasteiger charge is 2.35. The lowest BCUT2D eigenvalue weighted by Crippen LogP contribution is -2.52. The van der Waals surface area contributed by atoms with E-state index < -0.39 is 52.0 Å². The number of halogens is 4. The van der Waals surface area contributed by atoms with Gasteiger partial charge in [-0.2, -0.15) is 13.2 Å². The molecule has 1 N–H and O–H groups in total. The molecule has 0 spiro atoms. The van der Waals surface area contributed by atoms with E-state index in [0.717, 1.165) is 23.1 Å². The smallest absolute Gasteiger partial charge is 0.352 e. The lowest BCUT2D eigenvalue weighted by Gasteiger charge is -2.32. The van der Waals surface area contributed by atoms with Crippen molar-refractivity contribution in [3.05, 3.63) is 95.8 Å². The van der Waals surface area contributed by atoms with E-state index in [0.29, 0.717) is 15.9 Å². The lowest BCUT2D eigenvalue weighted by atomic mass is 10.1. The predicted molar refractivity (Wildman–Crippen MR) is 142 cm³/mol. The molecule has 214 valence electrons. The third kappa shape index (κ3) is 7.59. The second kappa shape index (κ2) is 12.5. The van der Waals surface area contributed by atoms with Crippen LogP contribution in [-0.4, -0.2) is 43.8 Å². The van der Waals surface area contributed by atoms with Gasteiger partial charge in [0.15, 0.2) is 0 Å². The Morgan fingerprint density at radius 3 is 2.10 bits per heavy atom. The summed E-state index contributed by atoms with van der Waals surface area (Å²) < 4.78 is 81.9. The van der Waals surface area contributed by atoms with Crippen LogP contribution in [0.2, 0.25) is 0 Å². The number of nitrogens with zero attached hydrogens (tertiary/aromatic N) is 2. The van der Waals surface area contributed by atoms with Crippen LogP contribution in [-0.2, 0) is 32.3 Å². The van der Waals surface area contributed by atoms with Crippen molar-refractivity contribution in [2.24, 2.45) is 0 Å². The molecule has 3 rings (SSSR count). The standard InChI is InChI=1S/C28H29F4N3O4S/c1-19(2)33-27(37)20(3)34(17-21-12-14-23(29)15-13-21)26(36)18-35(40(38,39)25-10-5-4-6-11-25)24-9-7-8-22(16-24)28(30,31)32/h4-16,19-20H,17-18H2,1-3H3,(H,33,37)/t20-/m1/s1. The molecule has 0 saturated carbocycles. The van der Waals surface area contributed by atoms with Crippen LogP contribution in [0.4, 0.5) is 23.2 Å². The van der Waals surface area contributed by atoms with Crippen LogP contribution in [0.15, 0.2) is 83.8 Å². The van der Waals surface area contributed by atoms with E-state index in [4.69, 9.17) is 0 Å². The van der Waals surface area contributed by atoms with Gasteiger partial charge in [-0.25, -0.2) is 12.8 Å². The molecular formula is C28H29F4N3O4S. The van der Waals surface area contributed by atoms with Gasteiger partial charge in [0, 0.05) is 12.6 Å². The summed E-state index contributed by atoms with van der Waals surface area (Å²) in [5, 5.41) is 2.69. The molecule has 0 radical (unpaired) electrons. The van der Waals surface area contributed by atoms with Gasteiger partial charge in [0.25, 0.3) is 10.0 Å². The molecule has 0 aromatic heterocycles. The van der Waals surface area contributed by atoms with Crippen LogP contribution in [0.25, 0.3) is 0 Å². The molecule has 1 atom stereocenters. The Hall–Kier alpha value is -3.93. The molecule has 12 heteroatoms. The normalized spacial score (nSPS) is 12.6. The van der Waals surface area contributed by atoms with Crippen LogP contribution in [0, 0.1) is 5.82 Å². The number of amides is 2. The molecule has 7 nitrogen and oxygen atoms in total. The Kier molecular flexibility index (Phi) is 9.56. The average molecular weight is 580 g/mol. The highest BCUT2D eigenvalue weighted by molar-refractivity contribution is 7.92. The summed E-state index contributed by atoms with van der Waals surface area (Å²) in [5.41, 5.74) is -1.03. The first kappa shape index (κ1) is 30.6. The molecule has 0 aliphatic carbocycles. The van der Waals surface area contributed by atoms with Gasteiger partial charge >= 0.3 is 6.18 Å². The van der Waals surface area contributed by atoms with Gasteiger partial charge in [0.1, 0.15) is 18.4 Å². The third-order valence-electron chi connectivity index (χ3n) is 5.94. The number of benzene rings is 3. The Morgan fingerprint density at radius 1 is 0.900 bits per heavy atom. The zero-order chi connectivity index (χ0) is 29.7. The number of nitrogens with one attached hydrogen (secondary N) is 1. The molecule has 0 bridgehead atoms. The second-order valence-electron chi connectivity index (χ2n) is 9.36. The minimum Gasteiger partial charge on any atom is -0.352 e. The van der Waals surface area contributed by atoms with Crippen molar-refractivity contribution in [2.75, 3.05) is 10.8 Å². The van der Waals surface area contributed by atoms with Crippen LogP contribution in [0.5, 0.6) is 0 Å². The van der Waals surface area contributed by atoms with Crippen molar-refractivity contribution >= 4 is 27.5 Å². The van der Waals surface area contributed by atoms with Crippen molar-refractivity contribution in [3.8, 4) is 0 Å². The lowest BCUT2D eigenvalue weighted by molar-refractivity contribution is -0.139. The first-order valence-electron chi connectivity index (χ1n) is 12.3. The van der Waals surface area contributed by atoms with E-state index in [2.05, 4.69) is 5.32 Å². The first-order valence-corrected chi connectivity index (χ1v) is 13.7. The SMILES string of the molecule is CC(C)NC(=O)[C@@H](C)N(Cc1ccc(F)cc1)C(=O)CN(c1cccc(C(F)(F)F)c1)S(=O)(=O)c1ccccc1. The number of anilines is 1. The number of sulfonamides is 1. The number of carbonyl (C=O) groups is 2. The van der Waals surface area contributed by atoms with Crippen molar-refractivity contribution in [1.82, 2.24) is 10.2 Å². The van der Waals surface area contributed by atoms with E-state index in [1.807, 2.05) is 0 Å². The fourth-order valence-corrected chi connectivity index (χ4v) is 5.29. The van der Waals surface area contributed by atoms with Crippen LogP contribution in [0.3, 0.4) is 0 Å². The van der Waals surface area contributed by atoms with Crippen LogP contribution < -0.4 is 9.62 Å². The molecule has 0 aliphatic rings. The van der Waals surface area contributed by atoms with Gasteiger partial charge in [-0.15, -0.1) is 0 Å². The summed E-state index contributed by atoms with van der Waals surface area (Å²) >= 11 is 0. The fraction of sp³-hybridized carbons (Fsp3) is 0.286. The van der Waals surface area contributed by atoms with Gasteiger partial charge in [0.2, 0.25) is 11.8 Å². The number of rotatable bonds is 10. The molecule has 3 aromatic carbocycles. The Labute approximate surface area is 230 Å². The molecule has 0 aliphatic heterocycles. The van der Waals surface area contributed by atoms with Gasteiger partial charge < -0.3 is 10.2 Å². The third-order valence-corrected chi connectivity index (χ3v) is 7.72. The number of hydrogen-bond acceptors (Lipinski definition) is 4. The molecule has 0 saturated heterocycles. The summed E-state index contributed by atoms with van der Waals surface area (Å²) in [4.78, 5) is 27.4. The van der Waals surface area contributed by atoms with Crippen molar-refractivity contribution < 1.29 is 35.6 Å².